The molecular weight excluding hydrogens is 170 g/mol. The molecule has 0 unspecified atom stereocenters. The molecular formula is C8H11N3O2. The third kappa shape index (κ3) is 1.70. The van der Waals surface area contributed by atoms with Gasteiger partial charge in [-0.15, -0.1) is 0 Å². The summed E-state index contributed by atoms with van der Waals surface area (Å²) in [5, 5.41) is 3.88. The molecule has 1 fully saturated rings. The van der Waals surface area contributed by atoms with Crippen molar-refractivity contribution < 1.29 is 9.53 Å². The number of hydrogen-bond donors (Lipinski definition) is 0. The largest absolute Gasteiger partial charge is 0.378 e. The van der Waals surface area contributed by atoms with Gasteiger partial charge in [-0.25, -0.2) is 4.79 Å². The molecule has 2 rings (SSSR count). The van der Waals surface area contributed by atoms with Crippen LogP contribution in [0.2, 0.25) is 0 Å². The van der Waals surface area contributed by atoms with Crippen LogP contribution in [0.25, 0.3) is 0 Å². The van der Waals surface area contributed by atoms with E-state index in [2.05, 4.69) is 5.10 Å². The third-order valence-electron chi connectivity index (χ3n) is 1.98. The summed E-state index contributed by atoms with van der Waals surface area (Å²) in [6.07, 6.45) is 3.25. The maximum atomic E-state index is 11.6. The molecule has 1 aliphatic heterocycles. The number of carbonyl (C=O) groups excluding carboxylic acids is 1. The molecule has 13 heavy (non-hydrogen) atoms. The highest BCUT2D eigenvalue weighted by molar-refractivity contribution is 5.75. The number of rotatable bonds is 0. The lowest BCUT2D eigenvalue weighted by molar-refractivity contribution is 0.0528. The van der Waals surface area contributed by atoms with E-state index in [4.69, 9.17) is 4.74 Å². The van der Waals surface area contributed by atoms with E-state index >= 15 is 0 Å². The van der Waals surface area contributed by atoms with Crippen LogP contribution in [0.4, 0.5) is 4.79 Å². The molecule has 0 bridgehead atoms. The zero-order chi connectivity index (χ0) is 9.10. The summed E-state index contributed by atoms with van der Waals surface area (Å²) in [7, 11) is 0. The average molecular weight is 181 g/mol. The van der Waals surface area contributed by atoms with E-state index in [1.54, 1.807) is 23.4 Å². The second kappa shape index (κ2) is 3.57. The van der Waals surface area contributed by atoms with E-state index in [1.165, 1.54) is 4.68 Å². The summed E-state index contributed by atoms with van der Waals surface area (Å²) in [4.78, 5) is 13.4. The maximum absolute atomic E-state index is 11.6. The number of morpholine rings is 1. The van der Waals surface area contributed by atoms with Gasteiger partial charge in [-0.3, -0.25) is 0 Å². The average Bonchev–Trinajstić information content (AvgIpc) is 2.71. The lowest BCUT2D eigenvalue weighted by atomic mass is 10.4. The van der Waals surface area contributed by atoms with Gasteiger partial charge in [-0.05, 0) is 6.07 Å². The molecule has 0 saturated carbocycles. The SMILES string of the molecule is O=C(N1CCOCC1)n1cccn1. The van der Waals surface area contributed by atoms with Crippen LogP contribution in [0, 0.1) is 0 Å². The molecule has 0 aromatic carbocycles. The minimum Gasteiger partial charge on any atom is -0.378 e. The fourth-order valence-electron chi connectivity index (χ4n) is 1.28. The van der Waals surface area contributed by atoms with Gasteiger partial charge < -0.3 is 9.64 Å². The van der Waals surface area contributed by atoms with Crippen molar-refractivity contribution >= 4 is 6.03 Å². The zero-order valence-corrected chi connectivity index (χ0v) is 7.22. The molecule has 5 nitrogen and oxygen atoms in total. The molecule has 1 amide bonds. The molecule has 70 valence electrons. The first-order valence-electron chi connectivity index (χ1n) is 4.24. The van der Waals surface area contributed by atoms with Crippen molar-refractivity contribution in [2.45, 2.75) is 0 Å². The highest BCUT2D eigenvalue weighted by atomic mass is 16.5. The maximum Gasteiger partial charge on any atom is 0.344 e. The third-order valence-corrected chi connectivity index (χ3v) is 1.98. The summed E-state index contributed by atoms with van der Waals surface area (Å²) in [5.74, 6) is 0. The van der Waals surface area contributed by atoms with Crippen LogP contribution >= 0.6 is 0 Å². The van der Waals surface area contributed by atoms with E-state index in [1.807, 2.05) is 0 Å². The molecule has 2 heterocycles. The van der Waals surface area contributed by atoms with Gasteiger partial charge in [0, 0.05) is 25.5 Å². The van der Waals surface area contributed by atoms with Gasteiger partial charge in [0.1, 0.15) is 0 Å². The minimum absolute atomic E-state index is 0.0756. The monoisotopic (exact) mass is 181 g/mol. The van der Waals surface area contributed by atoms with E-state index in [-0.39, 0.29) is 6.03 Å². The Hall–Kier alpha value is -1.36. The molecule has 0 radical (unpaired) electrons. The minimum atomic E-state index is -0.0756. The molecule has 5 heteroatoms. The molecule has 0 aliphatic carbocycles. The Morgan fingerprint density at radius 1 is 1.38 bits per heavy atom. The van der Waals surface area contributed by atoms with Gasteiger partial charge in [0.25, 0.3) is 0 Å². The summed E-state index contributed by atoms with van der Waals surface area (Å²) in [5.41, 5.74) is 0. The second-order valence-electron chi connectivity index (χ2n) is 2.83. The second-order valence-corrected chi connectivity index (χ2v) is 2.83. The fourth-order valence-corrected chi connectivity index (χ4v) is 1.28. The number of nitrogens with zero attached hydrogens (tertiary/aromatic N) is 3. The molecule has 0 spiro atoms. The lowest BCUT2D eigenvalue weighted by Gasteiger charge is -2.26. The number of hydrogen-bond acceptors (Lipinski definition) is 3. The fraction of sp³-hybridized carbons (Fsp3) is 0.500. The highest BCUT2D eigenvalue weighted by Crippen LogP contribution is 1.99. The smallest absolute Gasteiger partial charge is 0.344 e. The molecule has 0 N–H and O–H groups in total. The predicted octanol–water partition coefficient (Wildman–Crippen LogP) is 0.183. The first-order valence-corrected chi connectivity index (χ1v) is 4.24. The van der Waals surface area contributed by atoms with Crippen molar-refractivity contribution in [2.24, 2.45) is 0 Å². The first kappa shape index (κ1) is 8.25. The van der Waals surface area contributed by atoms with Gasteiger partial charge in [0.2, 0.25) is 0 Å². The summed E-state index contributed by atoms with van der Waals surface area (Å²) >= 11 is 0. The van der Waals surface area contributed by atoms with Crippen LogP contribution in [0.3, 0.4) is 0 Å². The molecule has 1 aliphatic rings. The van der Waals surface area contributed by atoms with Gasteiger partial charge >= 0.3 is 6.03 Å². The van der Waals surface area contributed by atoms with Crippen LogP contribution in [0.1, 0.15) is 0 Å². The summed E-state index contributed by atoms with van der Waals surface area (Å²) in [6, 6.07) is 1.66. The molecule has 0 atom stereocenters. The number of carbonyl (C=O) groups is 1. The Bertz CT molecular complexity index is 278. The van der Waals surface area contributed by atoms with Gasteiger partial charge in [0.15, 0.2) is 0 Å². The van der Waals surface area contributed by atoms with E-state index in [9.17, 15) is 4.79 Å². The molecule has 1 aromatic rings. The van der Waals surface area contributed by atoms with Crippen LogP contribution in [-0.2, 0) is 4.74 Å². The normalized spacial score (nSPS) is 17.4. The van der Waals surface area contributed by atoms with E-state index < -0.39 is 0 Å². The van der Waals surface area contributed by atoms with Gasteiger partial charge in [-0.2, -0.15) is 9.78 Å². The van der Waals surface area contributed by atoms with E-state index in [0.29, 0.717) is 26.3 Å². The topological polar surface area (TPSA) is 47.4 Å². The quantitative estimate of drug-likeness (QED) is 0.573. The van der Waals surface area contributed by atoms with Crippen molar-refractivity contribution in [3.05, 3.63) is 18.5 Å². The summed E-state index contributed by atoms with van der Waals surface area (Å²) < 4.78 is 6.48. The van der Waals surface area contributed by atoms with Crippen molar-refractivity contribution in [2.75, 3.05) is 26.3 Å². The number of aromatic nitrogens is 2. The van der Waals surface area contributed by atoms with E-state index in [0.717, 1.165) is 0 Å². The Kier molecular flexibility index (Phi) is 2.27. The molecule has 1 saturated heterocycles. The number of amides is 1. The van der Waals surface area contributed by atoms with Crippen molar-refractivity contribution in [3.63, 3.8) is 0 Å². The standard InChI is InChI=1S/C8H11N3O2/c12-8(11-3-1-2-9-11)10-4-6-13-7-5-10/h1-3H,4-7H2. The van der Waals surface area contributed by atoms with Gasteiger partial charge in [-0.1, -0.05) is 0 Å². The van der Waals surface area contributed by atoms with Crippen molar-refractivity contribution in [1.82, 2.24) is 14.7 Å². The Labute approximate surface area is 75.9 Å². The van der Waals surface area contributed by atoms with Crippen molar-refractivity contribution in [1.29, 1.82) is 0 Å². The number of ether oxygens (including phenoxy) is 1. The lowest BCUT2D eigenvalue weighted by Crippen LogP contribution is -2.43. The van der Waals surface area contributed by atoms with Crippen molar-refractivity contribution in [3.8, 4) is 0 Å². The van der Waals surface area contributed by atoms with Gasteiger partial charge in [0.05, 0.1) is 13.2 Å². The van der Waals surface area contributed by atoms with Crippen LogP contribution in [-0.4, -0.2) is 47.0 Å². The Morgan fingerprint density at radius 3 is 2.77 bits per heavy atom. The Morgan fingerprint density at radius 2 is 2.15 bits per heavy atom. The van der Waals surface area contributed by atoms with Crippen LogP contribution < -0.4 is 0 Å². The highest BCUT2D eigenvalue weighted by Gasteiger charge is 2.17. The predicted molar refractivity (Wildman–Crippen MR) is 45.4 cm³/mol. The Balaban J connectivity index is 2.04. The van der Waals surface area contributed by atoms with Crippen LogP contribution in [0.15, 0.2) is 18.5 Å². The summed E-state index contributed by atoms with van der Waals surface area (Å²) in [6.45, 7) is 2.54. The first-order chi connectivity index (χ1) is 6.38. The van der Waals surface area contributed by atoms with Crippen LogP contribution in [0.5, 0.6) is 0 Å². The zero-order valence-electron chi connectivity index (χ0n) is 7.22. The molecule has 1 aromatic heterocycles.